The molecule has 6 aliphatic heterocycles. The van der Waals surface area contributed by atoms with Crippen LogP contribution in [0.15, 0.2) is 144 Å². The number of hydrogen-bond donors (Lipinski definition) is 0. The summed E-state index contributed by atoms with van der Waals surface area (Å²) in [6, 6.07) is 13.5. The lowest BCUT2D eigenvalue weighted by Gasteiger charge is -2.40. The summed E-state index contributed by atoms with van der Waals surface area (Å²) in [5.74, 6) is -4.29. The Morgan fingerprint density at radius 3 is 0.905 bits per heavy atom. The van der Waals surface area contributed by atoms with E-state index in [2.05, 4.69) is 49.6 Å². The molecule has 0 unspecified atom stereocenters. The van der Waals surface area contributed by atoms with Crippen molar-refractivity contribution in [3.63, 3.8) is 0 Å². The van der Waals surface area contributed by atoms with E-state index in [4.69, 9.17) is 64.0 Å². The second kappa shape index (κ2) is 34.4. The molecule has 0 spiro atoms. The minimum atomic E-state index is -0.871. The Bertz CT molecular complexity index is 6160. The van der Waals surface area contributed by atoms with Gasteiger partial charge in [-0.2, -0.15) is 15.0 Å². The molecular weight excluding hydrogens is 1700 g/mol. The van der Waals surface area contributed by atoms with Crippen LogP contribution in [-0.2, 0) is 14.4 Å². The number of aryl methyl sites for hydroxylation is 3. The van der Waals surface area contributed by atoms with Gasteiger partial charge in [-0.25, -0.2) is 69.4 Å². The van der Waals surface area contributed by atoms with Crippen LogP contribution in [0.4, 0.5) is 43.8 Å². The zero-order chi connectivity index (χ0) is 89.6. The summed E-state index contributed by atoms with van der Waals surface area (Å²) in [6.07, 6.45) is 8.78. The topological polar surface area (TPSA) is 280 Å². The molecule has 0 N–H and O–H groups in total. The van der Waals surface area contributed by atoms with Crippen molar-refractivity contribution in [2.75, 3.05) is 93.4 Å². The Hall–Kier alpha value is -13.1. The van der Waals surface area contributed by atoms with Gasteiger partial charge in [-0.3, -0.25) is 29.3 Å². The molecule has 3 saturated heterocycles. The fraction of sp³-hybridized carbons (Fsp3) is 0.300. The van der Waals surface area contributed by atoms with Gasteiger partial charge < -0.3 is 43.6 Å². The third-order valence-electron chi connectivity index (χ3n) is 23.0. The van der Waals surface area contributed by atoms with Crippen molar-refractivity contribution in [3.8, 4) is 68.1 Å². The van der Waals surface area contributed by atoms with Gasteiger partial charge in [-0.1, -0.05) is 96.1 Å². The molecule has 15 heterocycles. The molecule has 0 bridgehead atoms. The predicted molar refractivity (Wildman–Crippen MR) is 467 cm³/mol. The van der Waals surface area contributed by atoms with Crippen LogP contribution in [0.5, 0.6) is 17.2 Å². The quantitative estimate of drug-likeness (QED) is 0.0811. The molecule has 36 heteroatoms. The first kappa shape index (κ1) is 86.4. The third kappa shape index (κ3) is 15.3. The SMILES string of the molecule is C=CC(=O)N1CCN2c3nc(=O)n(-c4c(C)ccnc4C(C)C)c4nc(-c5ccc(F)cc5F)c(Cl)c(c34)OC[C@@H]2C1.C=CC(=O)N1CCN2c3nc(=O)n(-c4c(C)ccnc4C(C)C)c4nc(-c5ccc(F)cc5F)c(Cl)c(c34)OC[C@@H]2C1.C=CC(=O)N1CCN2c3nc(=O)n(-c4c(C)ccnc4C(C)C)c4nc(-c5ccc(F)cc5F)c(Cl)c(c34)OC[C@@H]2C1. The number of anilines is 3. The third-order valence-corrected chi connectivity index (χ3v) is 24.1. The van der Waals surface area contributed by atoms with E-state index in [9.17, 15) is 41.9 Å². The summed E-state index contributed by atoms with van der Waals surface area (Å²) >= 11 is 20.7. The van der Waals surface area contributed by atoms with E-state index in [1.165, 1.54) is 50.1 Å². The monoisotopic (exact) mass is 1780 g/mol. The first-order valence-corrected chi connectivity index (χ1v) is 41.6. The maximum Gasteiger partial charge on any atom is 0.355 e. The Morgan fingerprint density at radius 2 is 0.667 bits per heavy atom. The van der Waals surface area contributed by atoms with E-state index < -0.39 is 52.0 Å². The second-order valence-corrected chi connectivity index (χ2v) is 33.1. The number of benzene rings is 3. The fourth-order valence-electron chi connectivity index (χ4n) is 17.0. The molecule has 0 radical (unpaired) electrons. The van der Waals surface area contributed by atoms with Crippen LogP contribution in [0.1, 0.15) is 93.1 Å². The predicted octanol–water partition coefficient (Wildman–Crippen LogP) is 14.4. The summed E-state index contributed by atoms with van der Waals surface area (Å²) in [7, 11) is 0. The van der Waals surface area contributed by atoms with E-state index in [1.54, 1.807) is 51.5 Å². The fourth-order valence-corrected chi connectivity index (χ4v) is 17.8. The molecule has 27 nitrogen and oxygen atoms in total. The van der Waals surface area contributed by atoms with Crippen molar-refractivity contribution >= 4 is 103 Å². The minimum Gasteiger partial charge on any atom is -0.489 e. The number of carbonyl (C=O) groups is 3. The van der Waals surface area contributed by atoms with Crippen LogP contribution < -0.4 is 46.0 Å². The van der Waals surface area contributed by atoms with Crippen molar-refractivity contribution in [2.24, 2.45) is 0 Å². The summed E-state index contributed by atoms with van der Waals surface area (Å²) in [5, 5.41) is 1.09. The Labute approximate surface area is 731 Å². The number of ether oxygens (including phenoxy) is 3. The van der Waals surface area contributed by atoms with Gasteiger partial charge in [0.2, 0.25) is 17.7 Å². The highest BCUT2D eigenvalue weighted by Gasteiger charge is 2.43. The maximum absolute atomic E-state index is 15.1. The first-order valence-electron chi connectivity index (χ1n) is 40.5. The van der Waals surface area contributed by atoms with Crippen LogP contribution in [0, 0.1) is 55.7 Å². The van der Waals surface area contributed by atoms with Gasteiger partial charge in [0.05, 0.1) is 69.4 Å². The molecule has 0 saturated carbocycles. The number of rotatable bonds is 12. The van der Waals surface area contributed by atoms with Crippen LogP contribution in [0.25, 0.3) is 83.9 Å². The summed E-state index contributed by atoms with van der Waals surface area (Å²) in [5.41, 5.74) is 4.07. The number of amides is 3. The number of pyridine rings is 6. The molecule has 3 fully saturated rings. The summed E-state index contributed by atoms with van der Waals surface area (Å²) in [6.45, 7) is 31.5. The number of carbonyl (C=O) groups excluding carboxylic acids is 3. The number of halogens is 9. The van der Waals surface area contributed by atoms with E-state index >= 15 is 13.2 Å². The van der Waals surface area contributed by atoms with Crippen molar-refractivity contribution in [1.29, 1.82) is 0 Å². The number of nitrogens with zero attached hydrogens (tertiary/aromatic N) is 18. The Morgan fingerprint density at radius 1 is 0.405 bits per heavy atom. The molecule has 12 aromatic rings. The molecule has 648 valence electrons. The molecule has 0 aliphatic carbocycles. The lowest BCUT2D eigenvalue weighted by atomic mass is 10.0. The highest BCUT2D eigenvalue weighted by atomic mass is 35.5. The minimum absolute atomic E-state index is 0.00730. The molecule has 3 aromatic carbocycles. The van der Waals surface area contributed by atoms with Crippen molar-refractivity contribution in [3.05, 3.63) is 245 Å². The summed E-state index contributed by atoms with van der Waals surface area (Å²) in [4.78, 5) is 132. The van der Waals surface area contributed by atoms with Gasteiger partial charge in [-0.15, -0.1) is 0 Å². The van der Waals surface area contributed by atoms with E-state index in [-0.39, 0.29) is 156 Å². The number of hydrogen-bond acceptors (Lipinski definition) is 21. The molecule has 18 rings (SSSR count). The number of aromatic nitrogens is 12. The van der Waals surface area contributed by atoms with Gasteiger partial charge in [0, 0.05) is 112 Å². The molecule has 126 heavy (non-hydrogen) atoms. The Kier molecular flexibility index (Phi) is 23.6. The largest absolute Gasteiger partial charge is 0.489 e. The standard InChI is InChI=1S/3C30H27ClF2N6O3/c3*1-5-21(40)37-10-11-38-18(13-37)14-42-27-22-28(38)36-30(41)39(26-16(4)8-9-34-24(26)15(2)3)29(22)35-25(23(27)31)19-7-6-17(32)12-20(19)33/h3*5-9,12,15,18H,1,10-11,13-14H2,2-4H3/t3*18-/m000/s1. The van der Waals surface area contributed by atoms with E-state index in [0.717, 1.165) is 53.1 Å². The zero-order valence-electron chi connectivity index (χ0n) is 69.6. The smallest absolute Gasteiger partial charge is 0.355 e. The van der Waals surface area contributed by atoms with Crippen LogP contribution in [0.2, 0.25) is 15.1 Å². The highest BCUT2D eigenvalue weighted by Crippen LogP contribution is 2.50. The van der Waals surface area contributed by atoms with Crippen LogP contribution >= 0.6 is 34.8 Å². The van der Waals surface area contributed by atoms with Crippen LogP contribution in [0.3, 0.4) is 0 Å². The van der Waals surface area contributed by atoms with Crippen molar-refractivity contribution in [1.82, 2.24) is 73.3 Å². The van der Waals surface area contributed by atoms with Gasteiger partial charge in [0.25, 0.3) is 0 Å². The Balaban J connectivity index is 0.000000139. The molecule has 3 amide bonds. The van der Waals surface area contributed by atoms with Gasteiger partial charge in [0.15, 0.2) is 34.2 Å². The summed E-state index contributed by atoms with van der Waals surface area (Å²) < 4.78 is 110. The normalized spacial score (nSPS) is 16.3. The average Bonchev–Trinajstić information content (AvgIpc) is 1.36. The maximum atomic E-state index is 15.1. The first-order chi connectivity index (χ1) is 60.3. The van der Waals surface area contributed by atoms with Gasteiger partial charge in [0.1, 0.15) is 103 Å². The molecule has 6 aliphatic rings. The number of fused-ring (bicyclic) bond motifs is 6. The van der Waals surface area contributed by atoms with Crippen molar-refractivity contribution in [2.45, 2.75) is 98.2 Å². The highest BCUT2D eigenvalue weighted by molar-refractivity contribution is 6.37. The van der Waals surface area contributed by atoms with Crippen LogP contribution in [-0.4, -0.2) is 188 Å². The second-order valence-electron chi connectivity index (χ2n) is 31.9. The lowest BCUT2D eigenvalue weighted by Crippen LogP contribution is -2.56. The van der Waals surface area contributed by atoms with E-state index in [0.29, 0.717) is 127 Å². The average molecular weight is 1780 g/mol. The molecule has 9 aromatic heterocycles. The van der Waals surface area contributed by atoms with E-state index in [1.807, 2.05) is 77.0 Å². The van der Waals surface area contributed by atoms with Gasteiger partial charge in [-0.05, 0) is 128 Å². The molecule has 3 atom stereocenters. The lowest BCUT2D eigenvalue weighted by molar-refractivity contribution is -0.127. The molecular formula is C90H81Cl3F6N18O9. The number of piperazine rings is 3. The van der Waals surface area contributed by atoms with Gasteiger partial charge >= 0.3 is 17.1 Å². The van der Waals surface area contributed by atoms with Crippen molar-refractivity contribution < 1.29 is 54.9 Å². The zero-order valence-corrected chi connectivity index (χ0v) is 71.9.